The molecule has 3 aliphatic heterocycles. The molecule has 2 atom stereocenters. The van der Waals surface area contributed by atoms with Gasteiger partial charge in [0.15, 0.2) is 11.7 Å². The maximum absolute atomic E-state index is 13.5. The number of aliphatic carboxylic acids is 1. The van der Waals surface area contributed by atoms with Crippen molar-refractivity contribution in [3.05, 3.63) is 46.7 Å². The highest BCUT2D eigenvalue weighted by Crippen LogP contribution is 2.44. The number of phenolic OH excluding ortho intramolecular Hbond substituents is 1. The number of alkyl halides is 3. The Morgan fingerprint density at radius 2 is 1.76 bits per heavy atom. The number of aromatic hydroxyl groups is 1. The van der Waals surface area contributed by atoms with E-state index >= 15 is 0 Å². The average molecular weight is 600 g/mol. The highest BCUT2D eigenvalue weighted by atomic mass is 32.1. The molecule has 4 aliphatic rings. The molecular formula is C29H36F3NO7S. The summed E-state index contributed by atoms with van der Waals surface area (Å²) in [5, 5.41) is 32.0. The Bertz CT molecular complexity index is 1160. The fourth-order valence-electron chi connectivity index (χ4n) is 6.37. The van der Waals surface area contributed by atoms with Crippen LogP contribution in [0.15, 0.2) is 41.8 Å². The highest BCUT2D eigenvalue weighted by Gasteiger charge is 2.53. The summed E-state index contributed by atoms with van der Waals surface area (Å²) in [7, 11) is 0. The van der Waals surface area contributed by atoms with Crippen LogP contribution in [0, 0.1) is 11.8 Å². The monoisotopic (exact) mass is 599 g/mol. The first-order valence-electron chi connectivity index (χ1n) is 14.0. The van der Waals surface area contributed by atoms with Gasteiger partial charge in [0.2, 0.25) is 0 Å². The van der Waals surface area contributed by atoms with Gasteiger partial charge in [-0.2, -0.15) is 13.2 Å². The van der Waals surface area contributed by atoms with Gasteiger partial charge in [0, 0.05) is 42.0 Å². The number of thiophene rings is 1. The number of carboxylic acids is 1. The zero-order chi connectivity index (χ0) is 29.7. The number of piperidine rings is 3. The number of carboxylic acid groups (broad SMARTS) is 1. The van der Waals surface area contributed by atoms with E-state index in [1.165, 1.54) is 11.3 Å². The number of nitrogens with zero attached hydrogens (tertiary/aromatic N) is 1. The SMILES string of the molecule is O=C(O[C@H]1C[N+]2(CCCOc3cccc(O)c3)CCC1CC2)[C@](O)(c1cccs1)C1CCCC1.O=C([O-])C(F)(F)F. The zero-order valence-corrected chi connectivity index (χ0v) is 23.5. The minimum Gasteiger partial charge on any atom is -0.542 e. The Kier molecular flexibility index (Phi) is 9.86. The van der Waals surface area contributed by atoms with Gasteiger partial charge in [0.1, 0.15) is 24.0 Å². The number of benzene rings is 1. The van der Waals surface area contributed by atoms with Crippen LogP contribution in [0.1, 0.15) is 49.8 Å². The lowest BCUT2D eigenvalue weighted by Gasteiger charge is -2.52. The second-order valence-corrected chi connectivity index (χ2v) is 12.1. The van der Waals surface area contributed by atoms with Crippen LogP contribution in [0.5, 0.6) is 11.5 Å². The van der Waals surface area contributed by atoms with Gasteiger partial charge < -0.3 is 34.1 Å². The van der Waals surface area contributed by atoms with E-state index < -0.39 is 23.7 Å². The van der Waals surface area contributed by atoms with Crippen molar-refractivity contribution < 1.29 is 52.0 Å². The Morgan fingerprint density at radius 1 is 1.07 bits per heavy atom. The number of carbonyl (C=O) groups excluding carboxylic acids is 2. The van der Waals surface area contributed by atoms with Crippen LogP contribution < -0.4 is 9.84 Å². The second kappa shape index (κ2) is 13.0. The second-order valence-electron chi connectivity index (χ2n) is 11.2. The molecule has 2 aromatic rings. The predicted molar refractivity (Wildman–Crippen MR) is 142 cm³/mol. The number of hydrogen-bond acceptors (Lipinski definition) is 8. The van der Waals surface area contributed by atoms with Crippen LogP contribution in [0.2, 0.25) is 0 Å². The normalized spacial score (nSPS) is 25.6. The van der Waals surface area contributed by atoms with Gasteiger partial charge in [-0.3, -0.25) is 0 Å². The zero-order valence-electron chi connectivity index (χ0n) is 22.7. The van der Waals surface area contributed by atoms with E-state index in [0.717, 1.165) is 80.5 Å². The standard InChI is InChI=1S/C27H35NO5S.C2HF3O2/c29-22-8-3-9-23(18-22)32-16-5-13-28-14-11-20(12-15-28)24(19-28)33-26(30)27(31,21-6-1-2-7-21)25-10-4-17-34-25;3-2(4,5)1(6)7/h3-4,8-10,17-18,20-21,24,31H,1-2,5-7,11-16,19H2;(H,6,7)/t20?,24-,27+,28?;/m0./s1. The summed E-state index contributed by atoms with van der Waals surface area (Å²) in [5.74, 6) is -2.22. The quantitative estimate of drug-likeness (QED) is 0.256. The van der Waals surface area contributed by atoms with Crippen LogP contribution in [0.4, 0.5) is 13.2 Å². The number of quaternary nitrogens is 1. The molecule has 226 valence electrons. The maximum atomic E-state index is 13.5. The van der Waals surface area contributed by atoms with Gasteiger partial charge in [-0.1, -0.05) is 25.0 Å². The van der Waals surface area contributed by atoms with Gasteiger partial charge >= 0.3 is 12.1 Å². The molecule has 4 heterocycles. The van der Waals surface area contributed by atoms with Crippen molar-refractivity contribution in [3.8, 4) is 11.5 Å². The van der Waals surface area contributed by atoms with Crippen molar-refractivity contribution in [2.75, 3.05) is 32.8 Å². The van der Waals surface area contributed by atoms with E-state index in [-0.39, 0.29) is 17.8 Å². The number of phenols is 1. The molecule has 1 aliphatic carbocycles. The lowest BCUT2D eigenvalue weighted by atomic mass is 9.82. The van der Waals surface area contributed by atoms with E-state index in [0.29, 0.717) is 18.3 Å². The van der Waals surface area contributed by atoms with E-state index in [1.54, 1.807) is 18.2 Å². The molecule has 2 N–H and O–H groups in total. The molecule has 6 rings (SSSR count). The van der Waals surface area contributed by atoms with Crippen molar-refractivity contribution >= 4 is 23.3 Å². The molecular weight excluding hydrogens is 563 g/mol. The highest BCUT2D eigenvalue weighted by molar-refractivity contribution is 7.10. The first-order valence-corrected chi connectivity index (χ1v) is 14.8. The largest absolute Gasteiger partial charge is 0.542 e. The number of rotatable bonds is 9. The van der Waals surface area contributed by atoms with Crippen LogP contribution in [0.3, 0.4) is 0 Å². The van der Waals surface area contributed by atoms with Crippen LogP contribution >= 0.6 is 11.3 Å². The number of carbonyl (C=O) groups is 2. The predicted octanol–water partition coefficient (Wildman–Crippen LogP) is 3.75. The molecule has 1 aromatic carbocycles. The third-order valence-electron chi connectivity index (χ3n) is 8.55. The van der Waals surface area contributed by atoms with Crippen LogP contribution in [-0.4, -0.2) is 71.7 Å². The Labute approximate surface area is 240 Å². The molecule has 0 radical (unpaired) electrons. The fraction of sp³-hybridized carbons (Fsp3) is 0.586. The summed E-state index contributed by atoms with van der Waals surface area (Å²) < 4.78 is 44.5. The van der Waals surface area contributed by atoms with Gasteiger partial charge in [0.05, 0.1) is 26.2 Å². The van der Waals surface area contributed by atoms with E-state index in [2.05, 4.69) is 0 Å². The lowest BCUT2D eigenvalue weighted by Crippen LogP contribution is -2.65. The van der Waals surface area contributed by atoms with Crippen LogP contribution in [0.25, 0.3) is 0 Å². The van der Waals surface area contributed by atoms with E-state index in [1.807, 2.05) is 23.6 Å². The lowest BCUT2D eigenvalue weighted by molar-refractivity contribution is -0.946. The third kappa shape index (κ3) is 7.52. The van der Waals surface area contributed by atoms with Crippen molar-refractivity contribution in [3.63, 3.8) is 0 Å². The Hall–Kier alpha value is -2.83. The number of hydrogen-bond donors (Lipinski definition) is 2. The maximum Gasteiger partial charge on any atom is 0.430 e. The molecule has 12 heteroatoms. The summed E-state index contributed by atoms with van der Waals surface area (Å²) in [6.45, 7) is 4.63. The van der Waals surface area contributed by atoms with E-state index in [9.17, 15) is 28.2 Å². The van der Waals surface area contributed by atoms with Gasteiger partial charge in [-0.05, 0) is 36.4 Å². The molecule has 8 nitrogen and oxygen atoms in total. The molecule has 0 unspecified atom stereocenters. The Balaban J connectivity index is 0.000000493. The molecule has 41 heavy (non-hydrogen) atoms. The van der Waals surface area contributed by atoms with Gasteiger partial charge in [-0.15, -0.1) is 11.3 Å². The summed E-state index contributed by atoms with van der Waals surface area (Å²) in [4.78, 5) is 23.0. The van der Waals surface area contributed by atoms with E-state index in [4.69, 9.17) is 19.4 Å². The van der Waals surface area contributed by atoms with Crippen molar-refractivity contribution in [2.24, 2.45) is 11.8 Å². The molecule has 2 bridgehead atoms. The third-order valence-corrected chi connectivity index (χ3v) is 9.54. The minimum absolute atomic E-state index is 0.0579. The Morgan fingerprint density at radius 3 is 2.34 bits per heavy atom. The molecule has 4 fully saturated rings. The molecule has 3 saturated heterocycles. The van der Waals surface area contributed by atoms with Crippen molar-refractivity contribution in [1.29, 1.82) is 0 Å². The summed E-state index contributed by atoms with van der Waals surface area (Å²) in [6.07, 6.45) is 1.56. The molecule has 1 aromatic heterocycles. The number of fused-ring (bicyclic) bond motifs is 3. The number of halogens is 3. The fourth-order valence-corrected chi connectivity index (χ4v) is 7.26. The summed E-state index contributed by atoms with van der Waals surface area (Å²) in [6, 6.07) is 10.7. The first kappa shape index (κ1) is 31.1. The topological polar surface area (TPSA) is 116 Å². The smallest absolute Gasteiger partial charge is 0.430 e. The van der Waals surface area contributed by atoms with Crippen molar-refractivity contribution in [2.45, 2.75) is 62.8 Å². The number of aliphatic hydroxyl groups is 1. The van der Waals surface area contributed by atoms with Crippen molar-refractivity contribution in [1.82, 2.24) is 0 Å². The number of esters is 1. The van der Waals surface area contributed by atoms with Crippen LogP contribution in [-0.2, 0) is 19.9 Å². The average Bonchev–Trinajstić information content (AvgIpc) is 3.67. The molecule has 0 spiro atoms. The summed E-state index contributed by atoms with van der Waals surface area (Å²) >= 11 is 1.45. The number of ether oxygens (including phenoxy) is 2. The van der Waals surface area contributed by atoms with Gasteiger partial charge in [0.25, 0.3) is 0 Å². The minimum atomic E-state index is -5.19. The molecule has 0 amide bonds. The first-order chi connectivity index (χ1) is 19.4. The summed E-state index contributed by atoms with van der Waals surface area (Å²) in [5.41, 5.74) is -1.52. The molecule has 1 saturated carbocycles. The van der Waals surface area contributed by atoms with Gasteiger partial charge in [-0.25, -0.2) is 4.79 Å².